The summed E-state index contributed by atoms with van der Waals surface area (Å²) < 4.78 is 13.2. The van der Waals surface area contributed by atoms with Gasteiger partial charge in [-0.15, -0.1) is 0 Å². The number of halogens is 1. The van der Waals surface area contributed by atoms with E-state index >= 15 is 0 Å². The van der Waals surface area contributed by atoms with Crippen LogP contribution in [0.4, 0.5) is 10.1 Å². The minimum atomic E-state index is -0.607. The monoisotopic (exact) mass is 425 g/mol. The Kier molecular flexibility index (Phi) is 4.27. The normalized spacial score (nSPS) is 11.0. The van der Waals surface area contributed by atoms with E-state index in [2.05, 4.69) is 15.0 Å². The summed E-state index contributed by atoms with van der Waals surface area (Å²) in [4.78, 5) is 34.0. The third-order valence-electron chi connectivity index (χ3n) is 5.19. The average Bonchev–Trinajstić information content (AvgIpc) is 3.17. The van der Waals surface area contributed by atoms with E-state index in [0.29, 0.717) is 16.6 Å². The van der Waals surface area contributed by atoms with E-state index < -0.39 is 10.5 Å². The van der Waals surface area contributed by atoms with Crippen LogP contribution in [0.5, 0.6) is 0 Å². The van der Waals surface area contributed by atoms with Gasteiger partial charge in [-0.1, -0.05) is 18.2 Å². The van der Waals surface area contributed by atoms with Crippen LogP contribution in [0.1, 0.15) is 5.56 Å². The van der Waals surface area contributed by atoms with E-state index in [9.17, 15) is 19.3 Å². The van der Waals surface area contributed by atoms with Crippen LogP contribution < -0.4 is 5.56 Å². The lowest BCUT2D eigenvalue weighted by Crippen LogP contribution is -2.12. The van der Waals surface area contributed by atoms with Crippen molar-refractivity contribution in [1.29, 1.82) is 5.26 Å². The number of nitro groups is 1. The molecule has 154 valence electrons. The van der Waals surface area contributed by atoms with Crippen LogP contribution in [-0.4, -0.2) is 19.9 Å². The maximum Gasteiger partial charge on any atom is 0.304 e. The fourth-order valence-electron chi connectivity index (χ4n) is 3.69. The molecule has 0 aliphatic heterocycles. The smallest absolute Gasteiger partial charge is 0.304 e. The van der Waals surface area contributed by atoms with Crippen molar-refractivity contribution in [3.63, 3.8) is 0 Å². The Labute approximate surface area is 178 Å². The van der Waals surface area contributed by atoms with Gasteiger partial charge in [0, 0.05) is 0 Å². The lowest BCUT2D eigenvalue weighted by molar-refractivity contribution is -0.382. The van der Waals surface area contributed by atoms with Crippen LogP contribution in [0.15, 0.2) is 65.5 Å². The van der Waals surface area contributed by atoms with Crippen molar-refractivity contribution < 1.29 is 9.31 Å². The summed E-state index contributed by atoms with van der Waals surface area (Å²) in [6.07, 6.45) is 0. The van der Waals surface area contributed by atoms with Gasteiger partial charge in [0.05, 0.1) is 38.5 Å². The molecule has 0 spiro atoms. The van der Waals surface area contributed by atoms with E-state index in [0.717, 1.165) is 11.1 Å². The summed E-state index contributed by atoms with van der Waals surface area (Å²) in [6.45, 7) is 0. The van der Waals surface area contributed by atoms with Gasteiger partial charge in [-0.3, -0.25) is 14.9 Å². The Balaban J connectivity index is 1.70. The first-order valence-corrected chi connectivity index (χ1v) is 9.45. The number of nitrogens with zero attached hydrogens (tertiary/aromatic N) is 3. The molecule has 0 aliphatic carbocycles. The van der Waals surface area contributed by atoms with Gasteiger partial charge in [0.2, 0.25) is 0 Å². The maximum absolute atomic E-state index is 13.2. The molecule has 5 aromatic rings. The van der Waals surface area contributed by atoms with E-state index in [1.54, 1.807) is 36.4 Å². The van der Waals surface area contributed by atoms with Gasteiger partial charge >= 0.3 is 5.69 Å². The summed E-state index contributed by atoms with van der Waals surface area (Å²) >= 11 is 0. The van der Waals surface area contributed by atoms with Gasteiger partial charge in [-0.2, -0.15) is 5.26 Å². The lowest BCUT2D eigenvalue weighted by Gasteiger charge is -2.05. The first-order valence-electron chi connectivity index (χ1n) is 9.45. The topological polar surface area (TPSA) is 128 Å². The molecule has 8 nitrogen and oxygen atoms in total. The van der Waals surface area contributed by atoms with Crippen LogP contribution in [0.2, 0.25) is 0 Å². The third kappa shape index (κ3) is 3.07. The second kappa shape index (κ2) is 7.14. The van der Waals surface area contributed by atoms with Crippen molar-refractivity contribution >= 4 is 27.6 Å². The number of aromatic nitrogens is 3. The molecule has 5 rings (SSSR count). The van der Waals surface area contributed by atoms with Gasteiger partial charge in [-0.05, 0) is 53.6 Å². The highest BCUT2D eigenvalue weighted by molar-refractivity contribution is 5.98. The minimum absolute atomic E-state index is 0.0362. The molecule has 0 bridgehead atoms. The van der Waals surface area contributed by atoms with Crippen LogP contribution in [0, 0.1) is 27.3 Å². The van der Waals surface area contributed by atoms with Crippen molar-refractivity contribution in [2.45, 2.75) is 0 Å². The first kappa shape index (κ1) is 19.1. The van der Waals surface area contributed by atoms with E-state index in [-0.39, 0.29) is 33.8 Å². The Morgan fingerprint density at radius 3 is 2.44 bits per heavy atom. The molecule has 0 unspecified atom stereocenters. The average molecular weight is 425 g/mol. The van der Waals surface area contributed by atoms with Crippen molar-refractivity contribution in [3.8, 4) is 28.6 Å². The van der Waals surface area contributed by atoms with Crippen molar-refractivity contribution in [2.75, 3.05) is 0 Å². The number of fused-ring (bicyclic) bond motifs is 2. The summed E-state index contributed by atoms with van der Waals surface area (Å²) in [5, 5.41) is 21.1. The largest absolute Gasteiger partial charge is 0.347 e. The zero-order valence-electron chi connectivity index (χ0n) is 16.2. The molecule has 0 fully saturated rings. The van der Waals surface area contributed by atoms with Gasteiger partial charge in [0.15, 0.2) is 5.69 Å². The van der Waals surface area contributed by atoms with Crippen molar-refractivity contribution in [3.05, 3.63) is 92.5 Å². The second-order valence-corrected chi connectivity index (χ2v) is 7.13. The molecule has 0 saturated heterocycles. The summed E-state index contributed by atoms with van der Waals surface area (Å²) in [7, 11) is 0. The number of nitrogens with one attached hydrogen (secondary N) is 2. The van der Waals surface area contributed by atoms with Gasteiger partial charge in [-0.25, -0.2) is 9.37 Å². The maximum atomic E-state index is 13.2. The minimum Gasteiger partial charge on any atom is -0.347 e. The Bertz CT molecular complexity index is 1650. The molecule has 2 heterocycles. The Hall–Kier alpha value is -4.84. The zero-order chi connectivity index (χ0) is 22.4. The van der Waals surface area contributed by atoms with Gasteiger partial charge in [0.1, 0.15) is 11.5 Å². The molecule has 0 amide bonds. The Morgan fingerprint density at radius 1 is 0.969 bits per heavy atom. The predicted molar refractivity (Wildman–Crippen MR) is 116 cm³/mol. The molecule has 32 heavy (non-hydrogen) atoms. The molecule has 0 atom stereocenters. The number of rotatable bonds is 3. The fourth-order valence-corrected chi connectivity index (χ4v) is 3.69. The molecule has 2 aromatic heterocycles. The molecule has 0 aliphatic rings. The quantitative estimate of drug-likeness (QED) is 0.321. The van der Waals surface area contributed by atoms with Crippen molar-refractivity contribution in [2.24, 2.45) is 0 Å². The number of nitriles is 1. The van der Waals surface area contributed by atoms with Crippen LogP contribution in [0.25, 0.3) is 44.5 Å². The number of hydrogen-bond donors (Lipinski definition) is 2. The highest BCUT2D eigenvalue weighted by Crippen LogP contribution is 2.35. The summed E-state index contributed by atoms with van der Waals surface area (Å²) in [5.41, 5.74) is 1.96. The number of H-pyrrole nitrogens is 2. The standard InChI is InChI=1S/C23H12FN5O3/c24-15-5-2-13(3-6-15)14-4-8-18-19(10-14)28-23(30)21(27-18)20-22(29(31)32)16-9-12(11-25)1-7-17(16)26-20/h1-10,26H,(H,28,30). The molecule has 3 aromatic carbocycles. The van der Waals surface area contributed by atoms with E-state index in [1.807, 2.05) is 6.07 Å². The van der Waals surface area contributed by atoms with Crippen LogP contribution in [-0.2, 0) is 0 Å². The SMILES string of the molecule is N#Cc1ccc2[nH]c(-c3nc4ccc(-c5ccc(F)cc5)cc4[nH]c3=O)c([N+](=O)[O-])c2c1. The van der Waals surface area contributed by atoms with E-state index in [1.165, 1.54) is 24.3 Å². The van der Waals surface area contributed by atoms with Crippen LogP contribution >= 0.6 is 0 Å². The van der Waals surface area contributed by atoms with Crippen LogP contribution in [0.3, 0.4) is 0 Å². The predicted octanol–water partition coefficient (Wildman–Crippen LogP) is 4.66. The molecular weight excluding hydrogens is 413 g/mol. The number of aromatic amines is 2. The molecule has 2 N–H and O–H groups in total. The number of hydrogen-bond acceptors (Lipinski definition) is 5. The highest BCUT2D eigenvalue weighted by atomic mass is 19.1. The molecule has 9 heteroatoms. The highest BCUT2D eigenvalue weighted by Gasteiger charge is 2.26. The number of benzene rings is 3. The molecule has 0 radical (unpaired) electrons. The van der Waals surface area contributed by atoms with Crippen molar-refractivity contribution in [1.82, 2.24) is 15.0 Å². The summed E-state index contributed by atoms with van der Waals surface area (Å²) in [5.74, 6) is -0.351. The zero-order valence-corrected chi connectivity index (χ0v) is 16.2. The molecular formula is C23H12FN5O3. The van der Waals surface area contributed by atoms with Gasteiger partial charge < -0.3 is 9.97 Å². The summed E-state index contributed by atoms with van der Waals surface area (Å²) in [6, 6.07) is 17.5. The van der Waals surface area contributed by atoms with Gasteiger partial charge in [0.25, 0.3) is 5.56 Å². The first-order chi connectivity index (χ1) is 15.4. The molecule has 0 saturated carbocycles. The van der Waals surface area contributed by atoms with E-state index in [4.69, 9.17) is 5.26 Å². The fraction of sp³-hybridized carbons (Fsp3) is 0. The second-order valence-electron chi connectivity index (χ2n) is 7.13. The lowest BCUT2D eigenvalue weighted by atomic mass is 10.0. The third-order valence-corrected chi connectivity index (χ3v) is 5.19. The Morgan fingerprint density at radius 2 is 1.72 bits per heavy atom.